The topological polar surface area (TPSA) is 3.24 Å². The van der Waals surface area contributed by atoms with Crippen molar-refractivity contribution in [2.24, 2.45) is 0 Å². The van der Waals surface area contributed by atoms with Crippen molar-refractivity contribution in [3.8, 4) is 33.4 Å². The second-order valence-corrected chi connectivity index (χ2v) is 20.9. The largest absolute Gasteiger partial charge is 0.310 e. The molecule has 0 spiro atoms. The van der Waals surface area contributed by atoms with Crippen LogP contribution in [-0.4, -0.2) is 8.07 Å². The third-order valence-electron chi connectivity index (χ3n) is 11.2. The van der Waals surface area contributed by atoms with Gasteiger partial charge in [0.05, 0.1) is 8.07 Å². The smallest absolute Gasteiger partial charge is 0.0775 e. The van der Waals surface area contributed by atoms with Crippen molar-refractivity contribution < 1.29 is 0 Å². The predicted octanol–water partition coefficient (Wildman–Crippen LogP) is 13.6. The zero-order valence-electron chi connectivity index (χ0n) is 30.6. The van der Waals surface area contributed by atoms with Gasteiger partial charge in [0.25, 0.3) is 0 Å². The minimum absolute atomic E-state index is 0.0828. The lowest BCUT2D eigenvalue weighted by Crippen LogP contribution is -2.37. The lowest BCUT2D eigenvalue weighted by Gasteiger charge is -2.28. The highest BCUT2D eigenvalue weighted by molar-refractivity contribution is 6.88. The molecule has 252 valence electrons. The number of nitrogens with zero attached hydrogens (tertiary/aromatic N) is 1. The maximum atomic E-state index is 2.42. The quantitative estimate of drug-likeness (QED) is 0.124. The Morgan fingerprint density at radius 1 is 0.404 bits per heavy atom. The van der Waals surface area contributed by atoms with Gasteiger partial charge in [-0.3, -0.25) is 0 Å². The molecule has 0 saturated carbocycles. The molecule has 0 unspecified atom stereocenters. The second-order valence-electron chi connectivity index (χ2n) is 15.8. The van der Waals surface area contributed by atoms with Crippen LogP contribution < -0.4 is 10.1 Å². The van der Waals surface area contributed by atoms with Gasteiger partial charge in [-0.2, -0.15) is 0 Å². The van der Waals surface area contributed by atoms with Crippen LogP contribution in [0.25, 0.3) is 54.9 Å². The van der Waals surface area contributed by atoms with Gasteiger partial charge in [0, 0.05) is 22.5 Å². The number of hydrogen-bond donors (Lipinski definition) is 0. The lowest BCUT2D eigenvalue weighted by molar-refractivity contribution is 0.660. The van der Waals surface area contributed by atoms with Crippen LogP contribution in [-0.2, 0) is 5.41 Å². The summed E-state index contributed by atoms with van der Waals surface area (Å²) in [5.74, 6) is 0. The molecule has 0 heterocycles. The van der Waals surface area contributed by atoms with E-state index in [-0.39, 0.29) is 5.41 Å². The molecule has 0 N–H and O–H groups in total. The molecule has 2 heteroatoms. The molecule has 8 aromatic rings. The molecule has 0 saturated heterocycles. The molecule has 52 heavy (non-hydrogen) atoms. The molecule has 1 aliphatic rings. The predicted molar refractivity (Wildman–Crippen MR) is 228 cm³/mol. The Labute approximate surface area is 308 Å². The highest BCUT2D eigenvalue weighted by atomic mass is 28.3. The van der Waals surface area contributed by atoms with Gasteiger partial charge in [0.2, 0.25) is 0 Å². The number of hydrogen-bond acceptors (Lipinski definition) is 1. The highest BCUT2D eigenvalue weighted by Crippen LogP contribution is 2.50. The van der Waals surface area contributed by atoms with Crippen molar-refractivity contribution in [1.29, 1.82) is 0 Å². The summed E-state index contributed by atoms with van der Waals surface area (Å²) in [6.45, 7) is 11.9. The van der Waals surface area contributed by atoms with Crippen molar-refractivity contribution in [3.05, 3.63) is 181 Å². The molecule has 1 aliphatic carbocycles. The van der Waals surface area contributed by atoms with Crippen LogP contribution in [0, 0.1) is 0 Å². The third kappa shape index (κ3) is 5.37. The Morgan fingerprint density at radius 3 is 1.60 bits per heavy atom. The molecular formula is C50H43NSi. The molecular weight excluding hydrogens is 643 g/mol. The van der Waals surface area contributed by atoms with Gasteiger partial charge in [-0.25, -0.2) is 0 Å². The fraction of sp³-hybridized carbons (Fsp3) is 0.120. The molecule has 0 fully saturated rings. The maximum absolute atomic E-state index is 2.42. The van der Waals surface area contributed by atoms with Crippen LogP contribution in [0.15, 0.2) is 170 Å². The van der Waals surface area contributed by atoms with E-state index in [0.29, 0.717) is 0 Å². The average molecular weight is 686 g/mol. The monoisotopic (exact) mass is 685 g/mol. The summed E-state index contributed by atoms with van der Waals surface area (Å²) in [6, 6.07) is 63.3. The Balaban J connectivity index is 1.15. The molecule has 0 aliphatic heterocycles. The first-order valence-electron chi connectivity index (χ1n) is 18.4. The van der Waals surface area contributed by atoms with Crippen molar-refractivity contribution in [3.63, 3.8) is 0 Å². The molecule has 1 nitrogen and oxygen atoms in total. The lowest BCUT2D eigenvalue weighted by atomic mass is 9.82. The Hall–Kier alpha value is -5.70. The SMILES string of the molecule is CC1(C)c2ccccc2-c2ccc(N(c3ccc(-c4ccc([Si](C)(C)C)cc4)cc3)c3ccc(-c4cc5ccccc5c5ccccc45)cc3)cc21. The van der Waals surface area contributed by atoms with E-state index in [2.05, 4.69) is 208 Å². The van der Waals surface area contributed by atoms with Crippen molar-refractivity contribution in [2.75, 3.05) is 4.90 Å². The fourth-order valence-corrected chi connectivity index (χ4v) is 9.49. The Morgan fingerprint density at radius 2 is 0.923 bits per heavy atom. The van der Waals surface area contributed by atoms with Crippen molar-refractivity contribution in [1.82, 2.24) is 0 Å². The first-order valence-corrected chi connectivity index (χ1v) is 21.9. The normalized spacial score (nSPS) is 13.2. The van der Waals surface area contributed by atoms with Gasteiger partial charge in [-0.05, 0) is 109 Å². The van der Waals surface area contributed by atoms with Crippen LogP contribution in [0.3, 0.4) is 0 Å². The molecule has 0 amide bonds. The van der Waals surface area contributed by atoms with Gasteiger partial charge >= 0.3 is 0 Å². The average Bonchev–Trinajstić information content (AvgIpc) is 3.40. The van der Waals surface area contributed by atoms with E-state index in [0.717, 1.165) is 17.1 Å². The third-order valence-corrected chi connectivity index (χ3v) is 13.3. The van der Waals surface area contributed by atoms with Crippen LogP contribution in [0.5, 0.6) is 0 Å². The molecule has 8 aromatic carbocycles. The van der Waals surface area contributed by atoms with Gasteiger partial charge in [0.1, 0.15) is 0 Å². The van der Waals surface area contributed by atoms with Crippen LogP contribution >= 0.6 is 0 Å². The van der Waals surface area contributed by atoms with E-state index in [1.807, 2.05) is 0 Å². The summed E-state index contributed by atoms with van der Waals surface area (Å²) in [4.78, 5) is 2.42. The second kappa shape index (κ2) is 12.2. The van der Waals surface area contributed by atoms with E-state index in [1.165, 1.54) is 71.2 Å². The Bertz CT molecular complexity index is 2610. The van der Waals surface area contributed by atoms with E-state index in [9.17, 15) is 0 Å². The summed E-state index contributed by atoms with van der Waals surface area (Å²) in [6.07, 6.45) is 0. The van der Waals surface area contributed by atoms with Gasteiger partial charge in [-0.1, -0.05) is 166 Å². The van der Waals surface area contributed by atoms with Crippen LogP contribution in [0.2, 0.25) is 19.6 Å². The summed E-state index contributed by atoms with van der Waals surface area (Å²) in [7, 11) is -1.35. The zero-order chi connectivity index (χ0) is 35.6. The summed E-state index contributed by atoms with van der Waals surface area (Å²) < 4.78 is 0. The minimum atomic E-state index is -1.35. The minimum Gasteiger partial charge on any atom is -0.310 e. The van der Waals surface area contributed by atoms with Crippen molar-refractivity contribution in [2.45, 2.75) is 38.9 Å². The van der Waals surface area contributed by atoms with Gasteiger partial charge < -0.3 is 4.90 Å². The van der Waals surface area contributed by atoms with Gasteiger partial charge in [0.15, 0.2) is 0 Å². The fourth-order valence-electron chi connectivity index (χ4n) is 8.33. The summed E-state index contributed by atoms with van der Waals surface area (Å²) in [5, 5.41) is 6.61. The molecule has 0 radical (unpaired) electrons. The number of anilines is 3. The molecule has 0 atom stereocenters. The van der Waals surface area contributed by atoms with E-state index in [4.69, 9.17) is 0 Å². The first-order chi connectivity index (χ1) is 25.2. The summed E-state index contributed by atoms with van der Waals surface area (Å²) >= 11 is 0. The Kier molecular flexibility index (Phi) is 7.57. The number of benzene rings is 8. The number of fused-ring (bicyclic) bond motifs is 6. The van der Waals surface area contributed by atoms with Crippen LogP contribution in [0.4, 0.5) is 17.1 Å². The molecule has 9 rings (SSSR count). The van der Waals surface area contributed by atoms with E-state index >= 15 is 0 Å². The zero-order valence-corrected chi connectivity index (χ0v) is 31.6. The summed E-state index contributed by atoms with van der Waals surface area (Å²) in [5.41, 5.74) is 13.8. The highest BCUT2D eigenvalue weighted by Gasteiger charge is 2.35. The molecule has 0 aromatic heterocycles. The maximum Gasteiger partial charge on any atom is 0.0775 e. The van der Waals surface area contributed by atoms with Gasteiger partial charge in [-0.15, -0.1) is 0 Å². The van der Waals surface area contributed by atoms with E-state index < -0.39 is 8.07 Å². The first kappa shape index (κ1) is 32.2. The van der Waals surface area contributed by atoms with Crippen molar-refractivity contribution >= 4 is 51.9 Å². The number of rotatable bonds is 6. The van der Waals surface area contributed by atoms with E-state index in [1.54, 1.807) is 0 Å². The van der Waals surface area contributed by atoms with Crippen LogP contribution in [0.1, 0.15) is 25.0 Å². The standard InChI is InChI=1S/C50H43NSi/c1-50(2)48-17-11-10-16-45(48)46-31-28-40(33-49(46)50)51(38-24-18-34(19-25-38)35-22-29-41(30-23-35)52(3,4)5)39-26-20-36(21-27-39)47-32-37-12-6-7-13-42(37)43-14-8-9-15-44(43)47/h6-33H,1-5H3. The molecule has 0 bridgehead atoms.